The van der Waals surface area contributed by atoms with Gasteiger partial charge in [-0.2, -0.15) is 0 Å². The molecule has 2 aromatic rings. The zero-order chi connectivity index (χ0) is 17.3. The van der Waals surface area contributed by atoms with Gasteiger partial charge in [-0.3, -0.25) is 4.79 Å². The predicted molar refractivity (Wildman–Crippen MR) is 94.5 cm³/mol. The molecule has 3 rings (SSSR count). The van der Waals surface area contributed by atoms with Gasteiger partial charge < -0.3 is 10.1 Å². The van der Waals surface area contributed by atoms with E-state index in [0.29, 0.717) is 15.7 Å². The van der Waals surface area contributed by atoms with Gasteiger partial charge in [0.05, 0.1) is 23.9 Å². The summed E-state index contributed by atoms with van der Waals surface area (Å²) in [4.78, 5) is 33.9. The number of methoxy groups -OCH3 is 1. The number of aryl methyl sites for hydroxylation is 1. The average molecular weight is 384 g/mol. The molecule has 1 aliphatic rings. The van der Waals surface area contributed by atoms with Crippen molar-refractivity contribution in [2.75, 3.05) is 18.7 Å². The first-order valence-electron chi connectivity index (χ1n) is 7.16. The Hall–Kier alpha value is -1.64. The number of hydrogen-bond acceptors (Lipinski definition) is 7. The van der Waals surface area contributed by atoms with E-state index in [1.165, 1.54) is 36.4 Å². The van der Waals surface area contributed by atoms with Crippen molar-refractivity contribution in [3.8, 4) is 0 Å². The van der Waals surface area contributed by atoms with E-state index in [-0.39, 0.29) is 10.7 Å². The largest absolute Gasteiger partial charge is 0.465 e. The number of rotatable bonds is 4. The number of carbonyl (C=O) groups is 2. The third-order valence-electron chi connectivity index (χ3n) is 3.66. The smallest absolute Gasteiger partial charge is 0.341 e. The second-order valence-electron chi connectivity index (χ2n) is 5.06. The first-order valence-corrected chi connectivity index (χ1v) is 9.57. The molecule has 0 saturated carbocycles. The summed E-state index contributed by atoms with van der Waals surface area (Å²) in [6.45, 7) is 0. The molecule has 0 bridgehead atoms. The monoisotopic (exact) mass is 383 g/mol. The number of thiophene rings is 1. The van der Waals surface area contributed by atoms with E-state index in [1.54, 1.807) is 0 Å². The van der Waals surface area contributed by atoms with Gasteiger partial charge in [0.2, 0.25) is 0 Å². The van der Waals surface area contributed by atoms with Gasteiger partial charge in [-0.1, -0.05) is 23.4 Å². The van der Waals surface area contributed by atoms with Crippen molar-refractivity contribution in [2.45, 2.75) is 24.4 Å². The molecule has 9 heteroatoms. The topological polar surface area (TPSA) is 81.2 Å². The van der Waals surface area contributed by atoms with Gasteiger partial charge in [-0.05, 0) is 31.1 Å². The molecule has 0 radical (unpaired) electrons. The van der Waals surface area contributed by atoms with Crippen molar-refractivity contribution in [2.24, 2.45) is 0 Å². The Morgan fingerprint density at radius 3 is 2.92 bits per heavy atom. The molecule has 24 heavy (non-hydrogen) atoms. The molecule has 1 amide bonds. The van der Waals surface area contributed by atoms with Crippen LogP contribution in [0.25, 0.3) is 0 Å². The highest BCUT2D eigenvalue weighted by atomic mass is 35.5. The van der Waals surface area contributed by atoms with Gasteiger partial charge in [-0.15, -0.1) is 11.3 Å². The summed E-state index contributed by atoms with van der Waals surface area (Å²) < 4.78 is 4.87. The molecule has 0 saturated heterocycles. The highest BCUT2D eigenvalue weighted by Gasteiger charge is 2.28. The van der Waals surface area contributed by atoms with Crippen LogP contribution in [0, 0.1) is 0 Å². The second-order valence-corrected chi connectivity index (χ2v) is 7.35. The fraction of sp³-hybridized carbons (Fsp3) is 0.333. The Morgan fingerprint density at radius 1 is 1.42 bits per heavy atom. The Kier molecular flexibility index (Phi) is 5.07. The molecule has 0 atom stereocenters. The van der Waals surface area contributed by atoms with Gasteiger partial charge in [0, 0.05) is 4.88 Å². The lowest BCUT2D eigenvalue weighted by atomic mass is 10.1. The van der Waals surface area contributed by atoms with Gasteiger partial charge in [0.15, 0.2) is 10.9 Å². The van der Waals surface area contributed by atoms with Crippen LogP contribution in [0.15, 0.2) is 11.4 Å². The normalized spacial score (nSPS) is 12.8. The highest BCUT2D eigenvalue weighted by molar-refractivity contribution is 7.98. The van der Waals surface area contributed by atoms with Crippen molar-refractivity contribution in [3.05, 3.63) is 32.9 Å². The number of fused-ring (bicyclic) bond motifs is 1. The molecule has 0 unspecified atom stereocenters. The minimum Gasteiger partial charge on any atom is -0.465 e. The minimum absolute atomic E-state index is 0.0837. The Balaban J connectivity index is 1.94. The molecule has 0 fully saturated rings. The number of carbonyl (C=O) groups excluding carboxylic acids is 2. The van der Waals surface area contributed by atoms with Crippen LogP contribution in [0.1, 0.15) is 37.7 Å². The summed E-state index contributed by atoms with van der Waals surface area (Å²) in [5.74, 6) is -0.911. The Morgan fingerprint density at radius 2 is 2.21 bits per heavy atom. The average Bonchev–Trinajstić information content (AvgIpc) is 3.15. The molecule has 1 aliphatic carbocycles. The van der Waals surface area contributed by atoms with E-state index in [9.17, 15) is 9.59 Å². The third-order valence-corrected chi connectivity index (χ3v) is 5.70. The Bertz CT molecular complexity index is 823. The number of hydrogen-bond donors (Lipinski definition) is 1. The molecule has 126 valence electrons. The molecule has 2 heterocycles. The number of anilines is 1. The van der Waals surface area contributed by atoms with E-state index in [4.69, 9.17) is 16.3 Å². The zero-order valence-electron chi connectivity index (χ0n) is 13.0. The number of halogens is 1. The third kappa shape index (κ3) is 3.13. The maximum Gasteiger partial charge on any atom is 0.341 e. The molecule has 6 nitrogen and oxygen atoms in total. The summed E-state index contributed by atoms with van der Waals surface area (Å²) in [6.07, 6.45) is 5.94. The van der Waals surface area contributed by atoms with Crippen LogP contribution >= 0.6 is 34.7 Å². The van der Waals surface area contributed by atoms with E-state index in [2.05, 4.69) is 15.3 Å². The lowest BCUT2D eigenvalue weighted by Gasteiger charge is -2.08. The van der Waals surface area contributed by atoms with Crippen molar-refractivity contribution < 1.29 is 14.3 Å². The molecule has 0 spiro atoms. The molecular weight excluding hydrogens is 370 g/mol. The Labute approximate surface area is 152 Å². The summed E-state index contributed by atoms with van der Waals surface area (Å²) in [7, 11) is 1.33. The summed E-state index contributed by atoms with van der Waals surface area (Å²) in [5, 5.41) is 3.85. The van der Waals surface area contributed by atoms with E-state index >= 15 is 0 Å². The number of esters is 1. The van der Waals surface area contributed by atoms with E-state index in [1.807, 2.05) is 6.26 Å². The molecule has 2 aromatic heterocycles. The van der Waals surface area contributed by atoms with Gasteiger partial charge >= 0.3 is 5.97 Å². The lowest BCUT2D eigenvalue weighted by molar-refractivity contribution is 0.0601. The van der Waals surface area contributed by atoms with Crippen LogP contribution in [0.4, 0.5) is 5.00 Å². The minimum atomic E-state index is -0.470. The van der Waals surface area contributed by atoms with Crippen molar-refractivity contribution in [1.29, 1.82) is 0 Å². The number of ether oxygens (including phenoxy) is 1. The quantitative estimate of drug-likeness (QED) is 0.494. The van der Waals surface area contributed by atoms with Crippen LogP contribution in [0.2, 0.25) is 5.02 Å². The van der Waals surface area contributed by atoms with Gasteiger partial charge in [0.1, 0.15) is 5.00 Å². The van der Waals surface area contributed by atoms with Crippen molar-refractivity contribution in [1.82, 2.24) is 9.97 Å². The van der Waals surface area contributed by atoms with Crippen LogP contribution in [-0.2, 0) is 17.6 Å². The lowest BCUT2D eigenvalue weighted by Crippen LogP contribution is -2.17. The van der Waals surface area contributed by atoms with Crippen LogP contribution in [0.5, 0.6) is 0 Å². The number of nitrogens with one attached hydrogen (secondary N) is 1. The molecule has 1 N–H and O–H groups in total. The summed E-state index contributed by atoms with van der Waals surface area (Å²) in [6, 6.07) is 0. The van der Waals surface area contributed by atoms with Crippen molar-refractivity contribution >= 4 is 51.6 Å². The summed E-state index contributed by atoms with van der Waals surface area (Å²) in [5.41, 5.74) is 1.50. The number of nitrogens with zero attached hydrogens (tertiary/aromatic N) is 2. The molecule has 0 aliphatic heterocycles. The fourth-order valence-corrected chi connectivity index (χ4v) is 4.37. The predicted octanol–water partition coefficient (Wildman–Crippen LogP) is 3.44. The summed E-state index contributed by atoms with van der Waals surface area (Å²) >= 11 is 8.76. The van der Waals surface area contributed by atoms with Crippen molar-refractivity contribution in [3.63, 3.8) is 0 Å². The second kappa shape index (κ2) is 7.08. The standard InChI is InChI=1S/C15H14ClN3O3S2/c1-22-14(21)10-7-4-3-5-9(7)24-13(10)19-12(20)11-8(16)6-17-15(18-11)23-2/h6H,3-5H2,1-2H3,(H,19,20). The number of amides is 1. The molecule has 0 aromatic carbocycles. The first kappa shape index (κ1) is 17.2. The first-order chi connectivity index (χ1) is 11.5. The highest BCUT2D eigenvalue weighted by Crippen LogP contribution is 2.39. The van der Waals surface area contributed by atoms with E-state index < -0.39 is 11.9 Å². The fourth-order valence-electron chi connectivity index (χ4n) is 2.58. The maximum atomic E-state index is 12.6. The number of thioether (sulfide) groups is 1. The van der Waals surface area contributed by atoms with E-state index in [0.717, 1.165) is 29.7 Å². The number of aromatic nitrogens is 2. The van der Waals surface area contributed by atoms with Gasteiger partial charge in [-0.25, -0.2) is 14.8 Å². The van der Waals surface area contributed by atoms with Crippen LogP contribution in [0.3, 0.4) is 0 Å². The zero-order valence-corrected chi connectivity index (χ0v) is 15.4. The van der Waals surface area contributed by atoms with Gasteiger partial charge in [0.25, 0.3) is 5.91 Å². The van der Waals surface area contributed by atoms with Crippen LogP contribution in [-0.4, -0.2) is 35.2 Å². The maximum absolute atomic E-state index is 12.6. The SMILES string of the molecule is COC(=O)c1c(NC(=O)c2nc(SC)ncc2Cl)sc2c1CCC2. The molecular formula is C15H14ClN3O3S2. The van der Waals surface area contributed by atoms with Crippen LogP contribution < -0.4 is 5.32 Å².